The van der Waals surface area contributed by atoms with Crippen LogP contribution in [-0.4, -0.2) is 41.3 Å². The molecule has 0 amide bonds. The van der Waals surface area contributed by atoms with Crippen molar-refractivity contribution in [2.45, 2.75) is 0 Å². The van der Waals surface area contributed by atoms with Gasteiger partial charge in [-0.2, -0.15) is 0 Å². The van der Waals surface area contributed by atoms with Gasteiger partial charge in [0.15, 0.2) is 5.82 Å². The van der Waals surface area contributed by atoms with E-state index in [0.29, 0.717) is 16.8 Å². The predicted molar refractivity (Wildman–Crippen MR) is 78.5 cm³/mol. The van der Waals surface area contributed by atoms with Gasteiger partial charge in [0.05, 0.1) is 13.2 Å². The third kappa shape index (κ3) is 3.25. The maximum absolute atomic E-state index is 6.08. The van der Waals surface area contributed by atoms with E-state index in [4.69, 9.17) is 16.3 Å². The number of aromatic nitrogens is 2. The van der Waals surface area contributed by atoms with Crippen molar-refractivity contribution in [3.8, 4) is 11.4 Å². The second-order valence-electron chi connectivity index (χ2n) is 4.48. The molecule has 1 N–H and O–H groups in total. The molecule has 2 aromatic rings. The molecule has 0 radical (unpaired) electrons. The van der Waals surface area contributed by atoms with E-state index in [2.05, 4.69) is 20.4 Å². The summed E-state index contributed by atoms with van der Waals surface area (Å²) in [6, 6.07) is 11.5. The number of hydrogen-bond acceptors (Lipinski definition) is 5. The number of benzene rings is 1. The first kappa shape index (κ1) is 13.3. The SMILES string of the molecule is Clc1cc(NN2CCOCC2)nc(-c2ccccc2)n1. The predicted octanol–water partition coefficient (Wildman–Crippen LogP) is 2.46. The van der Waals surface area contributed by atoms with Crippen molar-refractivity contribution >= 4 is 17.4 Å². The zero-order valence-corrected chi connectivity index (χ0v) is 11.7. The Labute approximate surface area is 122 Å². The van der Waals surface area contributed by atoms with Crippen LogP contribution in [0.4, 0.5) is 5.82 Å². The Kier molecular flexibility index (Phi) is 4.11. The van der Waals surface area contributed by atoms with E-state index in [1.54, 1.807) is 6.07 Å². The standard InChI is InChI=1S/C14H15ClN4O/c15-12-10-13(18-19-6-8-20-9-7-19)17-14(16-12)11-4-2-1-3-5-11/h1-5,10H,6-9H2,(H,16,17,18). The smallest absolute Gasteiger partial charge is 0.163 e. The average Bonchev–Trinajstić information content (AvgIpc) is 2.49. The third-order valence-corrected chi connectivity index (χ3v) is 3.20. The highest BCUT2D eigenvalue weighted by Gasteiger charge is 2.12. The Hall–Kier alpha value is -1.69. The minimum Gasteiger partial charge on any atom is -0.379 e. The first-order valence-corrected chi connectivity index (χ1v) is 6.88. The van der Waals surface area contributed by atoms with Crippen LogP contribution in [0.5, 0.6) is 0 Å². The first-order chi connectivity index (χ1) is 9.81. The van der Waals surface area contributed by atoms with Gasteiger partial charge in [0, 0.05) is 24.7 Å². The lowest BCUT2D eigenvalue weighted by molar-refractivity contribution is 0.0495. The van der Waals surface area contributed by atoms with Crippen LogP contribution in [0, 0.1) is 0 Å². The number of rotatable bonds is 3. The fourth-order valence-corrected chi connectivity index (χ4v) is 2.21. The summed E-state index contributed by atoms with van der Waals surface area (Å²) in [6.07, 6.45) is 0. The normalized spacial score (nSPS) is 16.1. The van der Waals surface area contributed by atoms with Crippen LogP contribution in [0.25, 0.3) is 11.4 Å². The number of ether oxygens (including phenoxy) is 1. The van der Waals surface area contributed by atoms with Crippen LogP contribution in [0.3, 0.4) is 0 Å². The fourth-order valence-electron chi connectivity index (χ4n) is 2.03. The molecule has 20 heavy (non-hydrogen) atoms. The lowest BCUT2D eigenvalue weighted by Crippen LogP contribution is -2.40. The van der Waals surface area contributed by atoms with Crippen LogP contribution in [0.2, 0.25) is 5.15 Å². The monoisotopic (exact) mass is 290 g/mol. The van der Waals surface area contributed by atoms with Crippen molar-refractivity contribution in [1.29, 1.82) is 0 Å². The minimum atomic E-state index is 0.426. The molecule has 1 aromatic carbocycles. The number of hydrogen-bond donors (Lipinski definition) is 1. The van der Waals surface area contributed by atoms with Gasteiger partial charge in [0.25, 0.3) is 0 Å². The second-order valence-corrected chi connectivity index (χ2v) is 4.86. The maximum atomic E-state index is 6.08. The Morgan fingerprint density at radius 2 is 1.85 bits per heavy atom. The van der Waals surface area contributed by atoms with E-state index in [0.717, 1.165) is 31.9 Å². The number of halogens is 1. The highest BCUT2D eigenvalue weighted by molar-refractivity contribution is 6.29. The summed E-state index contributed by atoms with van der Waals surface area (Å²) in [5.41, 5.74) is 4.19. The van der Waals surface area contributed by atoms with Crippen molar-refractivity contribution in [1.82, 2.24) is 15.0 Å². The number of morpholine rings is 1. The molecule has 1 aliphatic heterocycles. The summed E-state index contributed by atoms with van der Waals surface area (Å²) in [5, 5.41) is 2.49. The van der Waals surface area contributed by atoms with Crippen LogP contribution < -0.4 is 5.43 Å². The lowest BCUT2D eigenvalue weighted by atomic mass is 10.2. The molecule has 6 heteroatoms. The van der Waals surface area contributed by atoms with Crippen molar-refractivity contribution in [2.24, 2.45) is 0 Å². The van der Waals surface area contributed by atoms with Gasteiger partial charge in [-0.15, -0.1) is 0 Å². The summed E-state index contributed by atoms with van der Waals surface area (Å²) in [7, 11) is 0. The zero-order valence-electron chi connectivity index (χ0n) is 10.9. The number of hydrazine groups is 1. The summed E-state index contributed by atoms with van der Waals surface area (Å²) < 4.78 is 5.31. The molecule has 0 atom stereocenters. The topological polar surface area (TPSA) is 50.3 Å². The molecule has 3 rings (SSSR count). The molecule has 104 valence electrons. The van der Waals surface area contributed by atoms with Gasteiger partial charge < -0.3 is 10.2 Å². The summed E-state index contributed by atoms with van der Waals surface area (Å²) >= 11 is 6.08. The highest BCUT2D eigenvalue weighted by Crippen LogP contribution is 2.20. The van der Waals surface area contributed by atoms with Gasteiger partial charge in [0.2, 0.25) is 0 Å². The largest absolute Gasteiger partial charge is 0.379 e. The van der Waals surface area contributed by atoms with E-state index < -0.39 is 0 Å². The quantitative estimate of drug-likeness (QED) is 0.880. The lowest BCUT2D eigenvalue weighted by Gasteiger charge is -2.27. The molecular formula is C14H15ClN4O. The molecule has 0 aliphatic carbocycles. The van der Waals surface area contributed by atoms with Crippen molar-refractivity contribution < 1.29 is 4.74 Å². The Morgan fingerprint density at radius 1 is 1.10 bits per heavy atom. The van der Waals surface area contributed by atoms with E-state index in [1.165, 1.54) is 0 Å². The average molecular weight is 291 g/mol. The Morgan fingerprint density at radius 3 is 2.60 bits per heavy atom. The van der Waals surface area contributed by atoms with Crippen LogP contribution in [0.15, 0.2) is 36.4 Å². The molecule has 5 nitrogen and oxygen atoms in total. The van der Waals surface area contributed by atoms with Gasteiger partial charge in [-0.3, -0.25) is 0 Å². The van der Waals surface area contributed by atoms with Gasteiger partial charge in [-0.1, -0.05) is 41.9 Å². The van der Waals surface area contributed by atoms with Crippen molar-refractivity contribution in [2.75, 3.05) is 31.7 Å². The maximum Gasteiger partial charge on any atom is 0.163 e. The third-order valence-electron chi connectivity index (χ3n) is 3.01. The number of anilines is 1. The molecule has 2 heterocycles. The highest BCUT2D eigenvalue weighted by atomic mass is 35.5. The summed E-state index contributed by atoms with van der Waals surface area (Å²) in [4.78, 5) is 8.78. The molecule has 1 saturated heterocycles. The van der Waals surface area contributed by atoms with E-state index >= 15 is 0 Å². The van der Waals surface area contributed by atoms with E-state index in [-0.39, 0.29) is 0 Å². The van der Waals surface area contributed by atoms with Crippen LogP contribution >= 0.6 is 11.6 Å². The van der Waals surface area contributed by atoms with Crippen LogP contribution in [0.1, 0.15) is 0 Å². The molecule has 0 unspecified atom stereocenters. The van der Waals surface area contributed by atoms with Gasteiger partial charge in [-0.05, 0) is 0 Å². The fraction of sp³-hybridized carbons (Fsp3) is 0.286. The molecular weight excluding hydrogens is 276 g/mol. The van der Waals surface area contributed by atoms with E-state index in [9.17, 15) is 0 Å². The summed E-state index contributed by atoms with van der Waals surface area (Å²) in [6.45, 7) is 3.08. The second kappa shape index (κ2) is 6.17. The van der Waals surface area contributed by atoms with Crippen molar-refractivity contribution in [3.05, 3.63) is 41.6 Å². The molecule has 0 spiro atoms. The minimum absolute atomic E-state index is 0.426. The first-order valence-electron chi connectivity index (χ1n) is 6.50. The van der Waals surface area contributed by atoms with Gasteiger partial charge >= 0.3 is 0 Å². The van der Waals surface area contributed by atoms with Crippen molar-refractivity contribution in [3.63, 3.8) is 0 Å². The summed E-state index contributed by atoms with van der Waals surface area (Å²) in [5.74, 6) is 1.32. The molecule has 0 bridgehead atoms. The number of nitrogens with zero attached hydrogens (tertiary/aromatic N) is 3. The van der Waals surface area contributed by atoms with Crippen LogP contribution in [-0.2, 0) is 4.74 Å². The molecule has 1 aliphatic rings. The number of nitrogens with one attached hydrogen (secondary N) is 1. The Balaban J connectivity index is 1.83. The van der Waals surface area contributed by atoms with Gasteiger partial charge in [0.1, 0.15) is 11.0 Å². The molecule has 1 fully saturated rings. The zero-order chi connectivity index (χ0) is 13.8. The molecule has 1 aromatic heterocycles. The Bertz CT molecular complexity index is 573. The van der Waals surface area contributed by atoms with E-state index in [1.807, 2.05) is 30.3 Å². The van der Waals surface area contributed by atoms with Gasteiger partial charge in [-0.25, -0.2) is 15.0 Å². The molecule has 0 saturated carbocycles.